The summed E-state index contributed by atoms with van der Waals surface area (Å²) in [7, 11) is 1.68. The Kier molecular flexibility index (Phi) is 4.16. The SMILES string of the molecule is CC1NNC(C(=O)NN(C)c2ccccc2)C1[N+](=O)[O-]. The normalized spacial score (nSPS) is 25.2. The third kappa shape index (κ3) is 2.86. The van der Waals surface area contributed by atoms with E-state index < -0.39 is 29.0 Å². The molecule has 3 atom stereocenters. The molecule has 1 heterocycles. The van der Waals surface area contributed by atoms with Crippen molar-refractivity contribution < 1.29 is 9.72 Å². The molecule has 1 saturated heterocycles. The molecule has 0 aromatic heterocycles. The molecule has 1 aromatic rings. The van der Waals surface area contributed by atoms with Crippen molar-refractivity contribution >= 4 is 11.6 Å². The topological polar surface area (TPSA) is 99.5 Å². The van der Waals surface area contributed by atoms with Crippen LogP contribution in [0.2, 0.25) is 0 Å². The van der Waals surface area contributed by atoms with Crippen LogP contribution in [0.3, 0.4) is 0 Å². The molecule has 0 bridgehead atoms. The number of rotatable bonds is 4. The van der Waals surface area contributed by atoms with Crippen LogP contribution in [0.4, 0.5) is 5.69 Å². The fraction of sp³-hybridized carbons (Fsp3) is 0.417. The van der Waals surface area contributed by atoms with Crippen molar-refractivity contribution in [3.63, 3.8) is 0 Å². The molecule has 8 heteroatoms. The third-order valence-electron chi connectivity index (χ3n) is 3.27. The van der Waals surface area contributed by atoms with Crippen LogP contribution in [0.15, 0.2) is 30.3 Å². The van der Waals surface area contributed by atoms with Crippen molar-refractivity contribution in [2.75, 3.05) is 12.1 Å². The molecule has 8 nitrogen and oxygen atoms in total. The van der Waals surface area contributed by atoms with E-state index in [2.05, 4.69) is 16.3 Å². The second-order valence-corrected chi connectivity index (χ2v) is 4.70. The van der Waals surface area contributed by atoms with Crippen LogP contribution in [-0.4, -0.2) is 36.0 Å². The highest BCUT2D eigenvalue weighted by atomic mass is 16.6. The van der Waals surface area contributed by atoms with E-state index in [1.807, 2.05) is 30.3 Å². The molecular weight excluding hydrogens is 262 g/mol. The second-order valence-electron chi connectivity index (χ2n) is 4.70. The van der Waals surface area contributed by atoms with Gasteiger partial charge in [0.25, 0.3) is 11.9 Å². The first-order valence-electron chi connectivity index (χ1n) is 6.24. The standard InChI is InChI=1S/C12H17N5O3/c1-8-11(17(19)20)10(14-13-8)12(18)15-16(2)9-6-4-3-5-7-9/h3-8,10-11,13-14H,1-2H3,(H,15,18). The lowest BCUT2D eigenvalue weighted by Gasteiger charge is -2.22. The number of nitrogens with one attached hydrogen (secondary N) is 3. The predicted octanol–water partition coefficient (Wildman–Crippen LogP) is -0.336. The van der Waals surface area contributed by atoms with Crippen LogP contribution in [-0.2, 0) is 4.79 Å². The van der Waals surface area contributed by atoms with Gasteiger partial charge in [0.1, 0.15) is 0 Å². The highest BCUT2D eigenvalue weighted by molar-refractivity contribution is 5.84. The molecule has 108 valence electrons. The van der Waals surface area contributed by atoms with Crippen LogP contribution in [0.25, 0.3) is 0 Å². The van der Waals surface area contributed by atoms with E-state index in [0.29, 0.717) is 0 Å². The Morgan fingerprint density at radius 3 is 2.60 bits per heavy atom. The molecule has 0 aliphatic carbocycles. The number of benzene rings is 1. The first-order chi connectivity index (χ1) is 9.50. The van der Waals surface area contributed by atoms with Gasteiger partial charge in [-0.3, -0.25) is 25.3 Å². The number of para-hydroxylation sites is 1. The maximum Gasteiger partial charge on any atom is 0.264 e. The maximum absolute atomic E-state index is 12.1. The fourth-order valence-corrected chi connectivity index (χ4v) is 2.16. The van der Waals surface area contributed by atoms with Gasteiger partial charge in [0.05, 0.1) is 11.7 Å². The first kappa shape index (κ1) is 14.2. The molecule has 0 spiro atoms. The number of anilines is 1. The van der Waals surface area contributed by atoms with Gasteiger partial charge in [-0.15, -0.1) is 0 Å². The van der Waals surface area contributed by atoms with Crippen molar-refractivity contribution in [1.29, 1.82) is 0 Å². The number of carbonyl (C=O) groups excluding carboxylic acids is 1. The van der Waals surface area contributed by atoms with E-state index in [4.69, 9.17) is 0 Å². The zero-order valence-corrected chi connectivity index (χ0v) is 11.2. The lowest BCUT2D eigenvalue weighted by Crippen LogP contribution is -2.54. The highest BCUT2D eigenvalue weighted by Crippen LogP contribution is 2.12. The molecule has 0 radical (unpaired) electrons. The van der Waals surface area contributed by atoms with Crippen molar-refractivity contribution in [1.82, 2.24) is 16.3 Å². The monoisotopic (exact) mass is 279 g/mol. The number of carbonyl (C=O) groups is 1. The van der Waals surface area contributed by atoms with Crippen molar-refractivity contribution in [2.45, 2.75) is 25.0 Å². The third-order valence-corrected chi connectivity index (χ3v) is 3.27. The Morgan fingerprint density at radius 2 is 2.00 bits per heavy atom. The molecule has 1 amide bonds. The molecule has 1 aliphatic rings. The van der Waals surface area contributed by atoms with E-state index in [0.717, 1.165) is 5.69 Å². The molecule has 1 aliphatic heterocycles. The summed E-state index contributed by atoms with van der Waals surface area (Å²) >= 11 is 0. The second kappa shape index (κ2) is 5.85. The molecule has 1 aromatic carbocycles. The summed E-state index contributed by atoms with van der Waals surface area (Å²) in [6.07, 6.45) is 0. The summed E-state index contributed by atoms with van der Waals surface area (Å²) < 4.78 is 0. The van der Waals surface area contributed by atoms with Gasteiger partial charge in [-0.2, -0.15) is 0 Å². The Morgan fingerprint density at radius 1 is 1.35 bits per heavy atom. The number of hydrazine groups is 2. The lowest BCUT2D eigenvalue weighted by molar-refractivity contribution is -0.523. The van der Waals surface area contributed by atoms with Gasteiger partial charge in [-0.05, 0) is 19.1 Å². The van der Waals surface area contributed by atoms with E-state index in [1.165, 1.54) is 5.01 Å². The van der Waals surface area contributed by atoms with Crippen LogP contribution in [0.5, 0.6) is 0 Å². The summed E-state index contributed by atoms with van der Waals surface area (Å²) in [5.41, 5.74) is 8.81. The summed E-state index contributed by atoms with van der Waals surface area (Å²) in [6.45, 7) is 1.66. The van der Waals surface area contributed by atoms with Crippen LogP contribution in [0, 0.1) is 10.1 Å². The molecule has 20 heavy (non-hydrogen) atoms. The maximum atomic E-state index is 12.1. The smallest absolute Gasteiger partial charge is 0.264 e. The molecular formula is C12H17N5O3. The lowest BCUT2D eigenvalue weighted by atomic mass is 10.1. The van der Waals surface area contributed by atoms with Crippen LogP contribution in [0.1, 0.15) is 6.92 Å². The summed E-state index contributed by atoms with van der Waals surface area (Å²) in [5.74, 6) is -0.449. The van der Waals surface area contributed by atoms with E-state index in [9.17, 15) is 14.9 Å². The van der Waals surface area contributed by atoms with Crippen LogP contribution >= 0.6 is 0 Å². The Balaban J connectivity index is 2.03. The zero-order chi connectivity index (χ0) is 14.7. The van der Waals surface area contributed by atoms with Gasteiger partial charge in [0.2, 0.25) is 0 Å². The van der Waals surface area contributed by atoms with Gasteiger partial charge >= 0.3 is 0 Å². The summed E-state index contributed by atoms with van der Waals surface area (Å²) in [6, 6.07) is 6.88. The molecule has 3 unspecified atom stereocenters. The van der Waals surface area contributed by atoms with Gasteiger partial charge in [-0.1, -0.05) is 18.2 Å². The fourth-order valence-electron chi connectivity index (χ4n) is 2.16. The van der Waals surface area contributed by atoms with E-state index >= 15 is 0 Å². The average Bonchev–Trinajstić information content (AvgIpc) is 2.81. The number of hydrogen-bond acceptors (Lipinski definition) is 6. The minimum Gasteiger partial charge on any atom is -0.289 e. The van der Waals surface area contributed by atoms with Gasteiger partial charge in [-0.25, -0.2) is 10.9 Å². The predicted molar refractivity (Wildman–Crippen MR) is 73.3 cm³/mol. The highest BCUT2D eigenvalue weighted by Gasteiger charge is 2.46. The molecule has 1 fully saturated rings. The molecule has 2 rings (SSSR count). The summed E-state index contributed by atoms with van der Waals surface area (Å²) in [4.78, 5) is 22.7. The Bertz CT molecular complexity index is 495. The average molecular weight is 279 g/mol. The number of amides is 1. The minimum atomic E-state index is -1.00. The zero-order valence-electron chi connectivity index (χ0n) is 11.2. The van der Waals surface area contributed by atoms with Crippen molar-refractivity contribution in [3.8, 4) is 0 Å². The van der Waals surface area contributed by atoms with Gasteiger partial charge < -0.3 is 0 Å². The first-order valence-corrected chi connectivity index (χ1v) is 6.24. The minimum absolute atomic E-state index is 0.414. The van der Waals surface area contributed by atoms with E-state index in [-0.39, 0.29) is 0 Å². The van der Waals surface area contributed by atoms with Crippen molar-refractivity contribution in [3.05, 3.63) is 40.4 Å². The van der Waals surface area contributed by atoms with E-state index in [1.54, 1.807) is 14.0 Å². The molecule has 0 saturated carbocycles. The Labute approximate surface area is 116 Å². The Hall–Kier alpha value is -2.19. The van der Waals surface area contributed by atoms with Gasteiger partial charge in [0, 0.05) is 12.0 Å². The van der Waals surface area contributed by atoms with Crippen molar-refractivity contribution in [2.24, 2.45) is 0 Å². The number of nitro groups is 1. The quantitative estimate of drug-likeness (QED) is 0.515. The summed E-state index contributed by atoms with van der Waals surface area (Å²) in [5, 5.41) is 12.5. The number of nitrogens with zero attached hydrogens (tertiary/aromatic N) is 2. The number of hydrogen-bond donors (Lipinski definition) is 3. The van der Waals surface area contributed by atoms with Gasteiger partial charge in [0.15, 0.2) is 6.04 Å². The molecule has 3 N–H and O–H groups in total. The van der Waals surface area contributed by atoms with Crippen LogP contribution < -0.4 is 21.3 Å². The largest absolute Gasteiger partial charge is 0.289 e.